The summed E-state index contributed by atoms with van der Waals surface area (Å²) in [5.74, 6) is 1.09. The zero-order chi connectivity index (χ0) is 22.8. The standard InChI is InChI=1S/C23H28Cl2N2O4/c1-4-26-23(29)16(2)27(15-17-7-8-18(24)14-21(17)25)22(28)6-5-13-31-20-11-9-19(30-3)10-12-20/h7-12,14,16H,4-6,13,15H2,1-3H3,(H,26,29)/t16-/m0/s1. The van der Waals surface area contributed by atoms with Crippen molar-refractivity contribution >= 4 is 35.0 Å². The summed E-state index contributed by atoms with van der Waals surface area (Å²) in [6.45, 7) is 4.63. The minimum absolute atomic E-state index is 0.150. The van der Waals surface area contributed by atoms with Crippen LogP contribution in [0.5, 0.6) is 11.5 Å². The molecular formula is C23H28Cl2N2O4. The molecule has 0 aliphatic rings. The van der Waals surface area contributed by atoms with Crippen LogP contribution in [0.1, 0.15) is 32.3 Å². The molecule has 0 aromatic heterocycles. The predicted molar refractivity (Wildman–Crippen MR) is 123 cm³/mol. The molecule has 0 unspecified atom stereocenters. The number of likely N-dealkylation sites (N-methyl/N-ethyl adjacent to an activating group) is 1. The normalized spacial score (nSPS) is 11.5. The van der Waals surface area contributed by atoms with Crippen molar-refractivity contribution in [2.75, 3.05) is 20.3 Å². The molecule has 0 aliphatic heterocycles. The maximum Gasteiger partial charge on any atom is 0.242 e. The molecule has 2 rings (SSSR count). The van der Waals surface area contributed by atoms with Gasteiger partial charge in [-0.15, -0.1) is 0 Å². The number of hydrogen-bond acceptors (Lipinski definition) is 4. The first-order valence-electron chi connectivity index (χ1n) is 10.1. The zero-order valence-electron chi connectivity index (χ0n) is 18.0. The molecule has 0 saturated carbocycles. The third kappa shape index (κ3) is 7.64. The van der Waals surface area contributed by atoms with E-state index in [4.69, 9.17) is 32.7 Å². The maximum absolute atomic E-state index is 13.0. The number of benzene rings is 2. The average molecular weight is 467 g/mol. The highest BCUT2D eigenvalue weighted by Gasteiger charge is 2.26. The van der Waals surface area contributed by atoms with Gasteiger partial charge in [0.15, 0.2) is 0 Å². The first-order chi connectivity index (χ1) is 14.8. The van der Waals surface area contributed by atoms with Crippen molar-refractivity contribution in [1.29, 1.82) is 0 Å². The third-order valence-corrected chi connectivity index (χ3v) is 5.32. The summed E-state index contributed by atoms with van der Waals surface area (Å²) in [4.78, 5) is 26.9. The summed E-state index contributed by atoms with van der Waals surface area (Å²) in [5.41, 5.74) is 0.727. The van der Waals surface area contributed by atoms with Crippen LogP contribution < -0.4 is 14.8 Å². The highest BCUT2D eigenvalue weighted by molar-refractivity contribution is 6.35. The van der Waals surface area contributed by atoms with Gasteiger partial charge in [0.05, 0.1) is 13.7 Å². The first kappa shape index (κ1) is 24.8. The Balaban J connectivity index is 2.00. The number of carbonyl (C=O) groups excluding carboxylic acids is 2. The van der Waals surface area contributed by atoms with Gasteiger partial charge < -0.3 is 19.7 Å². The molecule has 0 heterocycles. The SMILES string of the molecule is CCNC(=O)[C@H](C)N(Cc1ccc(Cl)cc1Cl)C(=O)CCCOc1ccc(OC)cc1. The lowest BCUT2D eigenvalue weighted by atomic mass is 10.1. The summed E-state index contributed by atoms with van der Waals surface area (Å²) in [7, 11) is 1.60. The van der Waals surface area contributed by atoms with Crippen LogP contribution in [0.3, 0.4) is 0 Å². The topological polar surface area (TPSA) is 67.9 Å². The number of amides is 2. The lowest BCUT2D eigenvalue weighted by Crippen LogP contribution is -2.47. The van der Waals surface area contributed by atoms with Crippen LogP contribution in [-0.2, 0) is 16.1 Å². The van der Waals surface area contributed by atoms with Crippen molar-refractivity contribution in [3.05, 3.63) is 58.1 Å². The van der Waals surface area contributed by atoms with E-state index < -0.39 is 6.04 Å². The van der Waals surface area contributed by atoms with E-state index in [2.05, 4.69) is 5.32 Å². The van der Waals surface area contributed by atoms with Gasteiger partial charge in [-0.05, 0) is 62.2 Å². The monoisotopic (exact) mass is 466 g/mol. The van der Waals surface area contributed by atoms with Gasteiger partial charge in [-0.1, -0.05) is 29.3 Å². The molecule has 1 N–H and O–H groups in total. The molecule has 168 valence electrons. The first-order valence-corrected chi connectivity index (χ1v) is 10.9. The van der Waals surface area contributed by atoms with E-state index in [0.29, 0.717) is 35.4 Å². The Morgan fingerprint density at radius 3 is 2.39 bits per heavy atom. The molecule has 2 aromatic rings. The van der Waals surface area contributed by atoms with Gasteiger partial charge >= 0.3 is 0 Å². The lowest BCUT2D eigenvalue weighted by molar-refractivity contribution is -0.140. The van der Waals surface area contributed by atoms with Crippen LogP contribution in [0.2, 0.25) is 10.0 Å². The molecular weight excluding hydrogens is 439 g/mol. The van der Waals surface area contributed by atoms with Crippen LogP contribution in [0, 0.1) is 0 Å². The van der Waals surface area contributed by atoms with E-state index in [1.54, 1.807) is 32.2 Å². The fourth-order valence-corrected chi connectivity index (χ4v) is 3.44. The molecule has 8 heteroatoms. The van der Waals surface area contributed by atoms with Crippen LogP contribution in [-0.4, -0.2) is 43.0 Å². The van der Waals surface area contributed by atoms with E-state index >= 15 is 0 Å². The van der Waals surface area contributed by atoms with Gasteiger partial charge in [0.25, 0.3) is 0 Å². The van der Waals surface area contributed by atoms with Gasteiger partial charge in [-0.25, -0.2) is 0 Å². The lowest BCUT2D eigenvalue weighted by Gasteiger charge is -2.29. The molecule has 2 aromatic carbocycles. The van der Waals surface area contributed by atoms with Gasteiger partial charge in [0.2, 0.25) is 11.8 Å². The molecule has 0 spiro atoms. The van der Waals surface area contributed by atoms with Crippen molar-refractivity contribution < 1.29 is 19.1 Å². The van der Waals surface area contributed by atoms with Gasteiger partial charge in [0, 0.05) is 29.6 Å². The Hall–Kier alpha value is -2.44. The summed E-state index contributed by atoms with van der Waals surface area (Å²) in [5, 5.41) is 3.73. The number of carbonyl (C=O) groups is 2. The highest BCUT2D eigenvalue weighted by atomic mass is 35.5. The van der Waals surface area contributed by atoms with Crippen molar-refractivity contribution in [3.8, 4) is 11.5 Å². The number of hydrogen-bond donors (Lipinski definition) is 1. The summed E-state index contributed by atoms with van der Waals surface area (Å²) in [6.07, 6.45) is 0.753. The second-order valence-electron chi connectivity index (χ2n) is 6.96. The van der Waals surface area contributed by atoms with Crippen molar-refractivity contribution in [2.24, 2.45) is 0 Å². The zero-order valence-corrected chi connectivity index (χ0v) is 19.5. The highest BCUT2D eigenvalue weighted by Crippen LogP contribution is 2.24. The van der Waals surface area contributed by atoms with E-state index in [0.717, 1.165) is 11.3 Å². The van der Waals surface area contributed by atoms with Crippen molar-refractivity contribution in [1.82, 2.24) is 10.2 Å². The molecule has 0 aliphatic carbocycles. The molecule has 6 nitrogen and oxygen atoms in total. The fraction of sp³-hybridized carbons (Fsp3) is 0.391. The average Bonchev–Trinajstić information content (AvgIpc) is 2.76. The molecule has 0 saturated heterocycles. The minimum Gasteiger partial charge on any atom is -0.497 e. The Labute approximate surface area is 193 Å². The third-order valence-electron chi connectivity index (χ3n) is 4.74. The quantitative estimate of drug-likeness (QED) is 0.486. The van der Waals surface area contributed by atoms with Crippen molar-refractivity contribution in [3.63, 3.8) is 0 Å². The summed E-state index contributed by atoms with van der Waals surface area (Å²) < 4.78 is 10.8. The largest absolute Gasteiger partial charge is 0.497 e. The number of ether oxygens (including phenoxy) is 2. The van der Waals surface area contributed by atoms with Gasteiger partial charge in [-0.3, -0.25) is 9.59 Å². The molecule has 0 bridgehead atoms. The molecule has 1 atom stereocenters. The van der Waals surface area contributed by atoms with Crippen molar-refractivity contribution in [2.45, 2.75) is 39.3 Å². The molecule has 0 fully saturated rings. The smallest absolute Gasteiger partial charge is 0.242 e. The molecule has 0 radical (unpaired) electrons. The number of rotatable bonds is 11. The molecule has 31 heavy (non-hydrogen) atoms. The molecule has 2 amide bonds. The second-order valence-corrected chi connectivity index (χ2v) is 7.80. The number of methoxy groups -OCH3 is 1. The number of nitrogens with zero attached hydrogens (tertiary/aromatic N) is 1. The second kappa shape index (κ2) is 12.4. The van der Waals surface area contributed by atoms with E-state index in [1.165, 1.54) is 4.90 Å². The van der Waals surface area contributed by atoms with E-state index in [1.807, 2.05) is 31.2 Å². The van der Waals surface area contributed by atoms with Crippen LogP contribution in [0.25, 0.3) is 0 Å². The summed E-state index contributed by atoms with van der Waals surface area (Å²) >= 11 is 12.3. The van der Waals surface area contributed by atoms with Crippen LogP contribution in [0.4, 0.5) is 0 Å². The van der Waals surface area contributed by atoms with E-state index in [9.17, 15) is 9.59 Å². The van der Waals surface area contributed by atoms with Crippen LogP contribution >= 0.6 is 23.2 Å². The Morgan fingerprint density at radius 1 is 1.10 bits per heavy atom. The van der Waals surface area contributed by atoms with Crippen LogP contribution in [0.15, 0.2) is 42.5 Å². The maximum atomic E-state index is 13.0. The Bertz CT molecular complexity index is 874. The van der Waals surface area contributed by atoms with E-state index in [-0.39, 0.29) is 24.8 Å². The minimum atomic E-state index is -0.637. The van der Waals surface area contributed by atoms with Gasteiger partial charge in [0.1, 0.15) is 17.5 Å². The fourth-order valence-electron chi connectivity index (χ4n) is 2.97. The Kier molecular flexibility index (Phi) is 9.95. The van der Waals surface area contributed by atoms with Gasteiger partial charge in [-0.2, -0.15) is 0 Å². The Morgan fingerprint density at radius 2 is 1.77 bits per heavy atom. The predicted octanol–water partition coefficient (Wildman–Crippen LogP) is 4.71. The number of nitrogens with one attached hydrogen (secondary N) is 1. The number of halogens is 2. The summed E-state index contributed by atoms with van der Waals surface area (Å²) in [6, 6.07) is 11.7.